The Labute approximate surface area is 94.2 Å². The third kappa shape index (κ3) is 3.10. The van der Waals surface area contributed by atoms with Crippen molar-refractivity contribution in [2.45, 2.75) is 20.3 Å². The summed E-state index contributed by atoms with van der Waals surface area (Å²) in [7, 11) is 0. The van der Waals surface area contributed by atoms with E-state index in [1.807, 2.05) is 32.0 Å². The highest BCUT2D eigenvalue weighted by Gasteiger charge is 2.05. The van der Waals surface area contributed by atoms with Crippen molar-refractivity contribution in [3.63, 3.8) is 0 Å². The number of halogens is 1. The van der Waals surface area contributed by atoms with E-state index in [4.69, 9.17) is 16.7 Å². The number of aryl methyl sites for hydroxylation is 1. The van der Waals surface area contributed by atoms with Gasteiger partial charge in [-0.1, -0.05) is 30.7 Å². The van der Waals surface area contributed by atoms with Crippen LogP contribution in [0.3, 0.4) is 0 Å². The summed E-state index contributed by atoms with van der Waals surface area (Å²) in [5.41, 5.74) is 2.17. The van der Waals surface area contributed by atoms with Crippen LogP contribution < -0.4 is 0 Å². The van der Waals surface area contributed by atoms with Crippen molar-refractivity contribution in [2.75, 3.05) is 0 Å². The highest BCUT2D eigenvalue weighted by atomic mass is 35.5. The molecule has 0 aromatic heterocycles. The Bertz CT molecular complexity index is 408. The molecule has 0 aliphatic rings. The largest absolute Gasteiger partial charge is 0.478 e. The van der Waals surface area contributed by atoms with Gasteiger partial charge in [-0.05, 0) is 36.6 Å². The molecule has 0 heterocycles. The van der Waals surface area contributed by atoms with E-state index in [0.717, 1.165) is 11.1 Å². The molecule has 0 radical (unpaired) electrons. The number of benzene rings is 1. The van der Waals surface area contributed by atoms with E-state index in [1.165, 1.54) is 0 Å². The molecule has 0 spiro atoms. The number of aliphatic carboxylic acids is 1. The third-order valence-electron chi connectivity index (χ3n) is 2.14. The number of hydrogen-bond acceptors (Lipinski definition) is 1. The minimum atomic E-state index is -0.894. The van der Waals surface area contributed by atoms with Crippen LogP contribution in [-0.4, -0.2) is 11.1 Å². The number of carboxylic acids is 1. The second kappa shape index (κ2) is 4.99. The van der Waals surface area contributed by atoms with Crippen molar-refractivity contribution >= 4 is 23.6 Å². The van der Waals surface area contributed by atoms with E-state index in [1.54, 1.807) is 6.08 Å². The lowest BCUT2D eigenvalue weighted by atomic mass is 10.1. The first-order valence-electron chi connectivity index (χ1n) is 4.74. The fourth-order valence-corrected chi connectivity index (χ4v) is 1.54. The van der Waals surface area contributed by atoms with E-state index >= 15 is 0 Å². The van der Waals surface area contributed by atoms with Gasteiger partial charge in [0.05, 0.1) is 0 Å². The summed E-state index contributed by atoms with van der Waals surface area (Å²) in [5, 5.41) is 9.45. The van der Waals surface area contributed by atoms with E-state index in [9.17, 15) is 4.79 Å². The smallest absolute Gasteiger partial charge is 0.331 e. The molecule has 80 valence electrons. The van der Waals surface area contributed by atoms with Crippen molar-refractivity contribution in [2.24, 2.45) is 0 Å². The summed E-state index contributed by atoms with van der Waals surface area (Å²) in [6.45, 7) is 3.75. The van der Waals surface area contributed by atoms with Crippen LogP contribution in [0.4, 0.5) is 0 Å². The van der Waals surface area contributed by atoms with Crippen LogP contribution in [0.2, 0.25) is 5.02 Å². The predicted molar refractivity (Wildman–Crippen MR) is 62.1 cm³/mol. The lowest BCUT2D eigenvalue weighted by molar-refractivity contribution is -0.132. The molecule has 1 rings (SSSR count). The Morgan fingerprint density at radius 2 is 2.20 bits per heavy atom. The fourth-order valence-electron chi connectivity index (χ4n) is 1.25. The van der Waals surface area contributed by atoms with Gasteiger partial charge < -0.3 is 5.11 Å². The molecule has 3 heteroatoms. The fraction of sp³-hybridized carbons (Fsp3) is 0.250. The van der Waals surface area contributed by atoms with Gasteiger partial charge in [-0.25, -0.2) is 4.79 Å². The first-order chi connectivity index (χ1) is 7.04. The van der Waals surface area contributed by atoms with Gasteiger partial charge in [0.1, 0.15) is 0 Å². The topological polar surface area (TPSA) is 37.3 Å². The second-order valence-corrected chi connectivity index (χ2v) is 3.76. The quantitative estimate of drug-likeness (QED) is 0.798. The molecule has 1 N–H and O–H groups in total. The van der Waals surface area contributed by atoms with Gasteiger partial charge in [-0.2, -0.15) is 0 Å². The lowest BCUT2D eigenvalue weighted by Crippen LogP contribution is -1.98. The molecule has 0 bridgehead atoms. The summed E-state index contributed by atoms with van der Waals surface area (Å²) < 4.78 is 0. The Morgan fingerprint density at radius 3 is 2.67 bits per heavy atom. The maximum Gasteiger partial charge on any atom is 0.331 e. The Hall–Kier alpha value is -1.28. The zero-order valence-corrected chi connectivity index (χ0v) is 9.51. The van der Waals surface area contributed by atoms with Crippen LogP contribution >= 0.6 is 11.6 Å². The van der Waals surface area contributed by atoms with Gasteiger partial charge in [0.15, 0.2) is 0 Å². The Kier molecular flexibility index (Phi) is 3.92. The molecule has 0 aliphatic carbocycles. The lowest BCUT2D eigenvalue weighted by Gasteiger charge is -2.02. The Balaban J connectivity index is 3.12. The zero-order valence-electron chi connectivity index (χ0n) is 8.75. The van der Waals surface area contributed by atoms with Crippen LogP contribution in [0.15, 0.2) is 23.8 Å². The van der Waals surface area contributed by atoms with Crippen LogP contribution in [0.5, 0.6) is 0 Å². The third-order valence-corrected chi connectivity index (χ3v) is 2.47. The molecule has 0 amide bonds. The van der Waals surface area contributed by atoms with E-state index in [2.05, 4.69) is 0 Å². The van der Waals surface area contributed by atoms with Crippen molar-refractivity contribution in [1.82, 2.24) is 0 Å². The highest BCUT2D eigenvalue weighted by Crippen LogP contribution is 2.21. The van der Waals surface area contributed by atoms with Crippen molar-refractivity contribution in [3.05, 3.63) is 39.9 Å². The van der Waals surface area contributed by atoms with Crippen molar-refractivity contribution in [3.8, 4) is 0 Å². The standard InChI is InChI=1S/C12H13ClO2/c1-3-9(12(14)15)7-10-5-4-8(2)6-11(10)13/h4-7H,3H2,1-2H3,(H,14,15)/b9-7+. The van der Waals surface area contributed by atoms with E-state index in [0.29, 0.717) is 17.0 Å². The highest BCUT2D eigenvalue weighted by molar-refractivity contribution is 6.32. The van der Waals surface area contributed by atoms with Gasteiger partial charge in [-0.3, -0.25) is 0 Å². The summed E-state index contributed by atoms with van der Waals surface area (Å²) in [6, 6.07) is 5.56. The first-order valence-corrected chi connectivity index (χ1v) is 5.12. The van der Waals surface area contributed by atoms with Gasteiger partial charge >= 0.3 is 5.97 Å². The van der Waals surface area contributed by atoms with Crippen LogP contribution in [0, 0.1) is 6.92 Å². The number of carbonyl (C=O) groups is 1. The minimum Gasteiger partial charge on any atom is -0.478 e. The number of carboxylic acid groups (broad SMARTS) is 1. The maximum absolute atomic E-state index is 10.8. The summed E-state index contributed by atoms with van der Waals surface area (Å²) in [6.07, 6.45) is 2.10. The molecular weight excluding hydrogens is 212 g/mol. The second-order valence-electron chi connectivity index (χ2n) is 3.35. The normalized spacial score (nSPS) is 11.5. The molecule has 1 aromatic carbocycles. The molecule has 0 unspecified atom stereocenters. The molecule has 15 heavy (non-hydrogen) atoms. The maximum atomic E-state index is 10.8. The van der Waals surface area contributed by atoms with E-state index in [-0.39, 0.29) is 0 Å². The average molecular weight is 225 g/mol. The van der Waals surface area contributed by atoms with E-state index < -0.39 is 5.97 Å². The SMILES string of the molecule is CC/C(=C\c1ccc(C)cc1Cl)C(=O)O. The monoisotopic (exact) mass is 224 g/mol. The van der Waals surface area contributed by atoms with Crippen LogP contribution in [0.1, 0.15) is 24.5 Å². The predicted octanol–water partition coefficient (Wildman–Crippen LogP) is 3.53. The van der Waals surface area contributed by atoms with Gasteiger partial charge in [0.2, 0.25) is 0 Å². The summed E-state index contributed by atoms with van der Waals surface area (Å²) in [5.74, 6) is -0.894. The molecule has 0 atom stereocenters. The molecule has 1 aromatic rings. The molecule has 0 aliphatic heterocycles. The summed E-state index contributed by atoms with van der Waals surface area (Å²) >= 11 is 6.00. The molecule has 0 fully saturated rings. The van der Waals surface area contributed by atoms with Gasteiger partial charge in [0, 0.05) is 10.6 Å². The van der Waals surface area contributed by atoms with Crippen molar-refractivity contribution < 1.29 is 9.90 Å². The average Bonchev–Trinajstić information content (AvgIpc) is 2.16. The van der Waals surface area contributed by atoms with Crippen LogP contribution in [-0.2, 0) is 4.79 Å². The molecule has 2 nitrogen and oxygen atoms in total. The number of hydrogen-bond donors (Lipinski definition) is 1. The van der Waals surface area contributed by atoms with Gasteiger partial charge in [0.25, 0.3) is 0 Å². The Morgan fingerprint density at radius 1 is 1.53 bits per heavy atom. The summed E-state index contributed by atoms with van der Waals surface area (Å²) in [4.78, 5) is 10.8. The molecule has 0 saturated heterocycles. The van der Waals surface area contributed by atoms with Crippen molar-refractivity contribution in [1.29, 1.82) is 0 Å². The van der Waals surface area contributed by atoms with Gasteiger partial charge in [-0.15, -0.1) is 0 Å². The molecule has 0 saturated carbocycles. The zero-order chi connectivity index (χ0) is 11.4. The minimum absolute atomic E-state index is 0.362. The molecular formula is C12H13ClO2. The number of rotatable bonds is 3. The first kappa shape index (κ1) is 11.8. The van der Waals surface area contributed by atoms with Crippen LogP contribution in [0.25, 0.3) is 6.08 Å².